The Morgan fingerprint density at radius 3 is 2.63 bits per heavy atom. The van der Waals surface area contributed by atoms with Crippen LogP contribution >= 0.6 is 15.9 Å². The highest BCUT2D eigenvalue weighted by Gasteiger charge is 2.51. The van der Waals surface area contributed by atoms with Gasteiger partial charge in [-0.15, -0.1) is 0 Å². The zero-order chi connectivity index (χ0) is 19.4. The van der Waals surface area contributed by atoms with Gasteiger partial charge in [0.1, 0.15) is 0 Å². The number of halogens is 1. The van der Waals surface area contributed by atoms with Gasteiger partial charge in [0, 0.05) is 4.47 Å². The van der Waals surface area contributed by atoms with Crippen molar-refractivity contribution in [1.29, 1.82) is 0 Å². The molecule has 0 bridgehead atoms. The Morgan fingerprint density at radius 1 is 1.22 bits per heavy atom. The predicted molar refractivity (Wildman–Crippen MR) is 110 cm³/mol. The molecule has 0 saturated heterocycles. The molecule has 1 atom stereocenters. The minimum atomic E-state index is -0.397. The first-order chi connectivity index (χ1) is 13.0. The second-order valence-electron chi connectivity index (χ2n) is 7.05. The smallest absolute Gasteiger partial charge is 0.231 e. The number of hydrogen-bond donors (Lipinski definition) is 1. The first kappa shape index (κ1) is 19.7. The second-order valence-corrected chi connectivity index (χ2v) is 7.96. The first-order valence-corrected chi connectivity index (χ1v) is 10.2. The van der Waals surface area contributed by atoms with Crippen LogP contribution in [0.2, 0.25) is 0 Å². The van der Waals surface area contributed by atoms with Crippen LogP contribution in [0, 0.1) is 0 Å². The highest BCUT2D eigenvalue weighted by atomic mass is 79.9. The number of benzene rings is 2. The molecule has 2 aromatic rings. The third-order valence-electron chi connectivity index (χ3n) is 5.06. The van der Waals surface area contributed by atoms with Crippen molar-refractivity contribution in [2.24, 2.45) is 0 Å². The van der Waals surface area contributed by atoms with Gasteiger partial charge >= 0.3 is 0 Å². The van der Waals surface area contributed by atoms with Gasteiger partial charge in [-0.3, -0.25) is 4.79 Å². The van der Waals surface area contributed by atoms with Crippen molar-refractivity contribution >= 4 is 21.8 Å². The normalized spacial score (nSPS) is 15.7. The van der Waals surface area contributed by atoms with Gasteiger partial charge in [0.25, 0.3) is 0 Å². The summed E-state index contributed by atoms with van der Waals surface area (Å²) in [4.78, 5) is 13.0. The van der Waals surface area contributed by atoms with Crippen molar-refractivity contribution in [2.75, 3.05) is 13.7 Å². The monoisotopic (exact) mass is 431 g/mol. The zero-order valence-electron chi connectivity index (χ0n) is 16.0. The maximum absolute atomic E-state index is 13.0. The van der Waals surface area contributed by atoms with Crippen LogP contribution in [0.4, 0.5) is 0 Å². The standard InChI is InChI=1S/C22H26BrNO3/c1-4-12-27-19-9-8-16(13-20(19)26-3)15(2)24-21(25)22(10-11-22)17-6-5-7-18(23)14-17/h5-9,13-15H,4,10-12H2,1-3H3,(H,24,25). The molecule has 1 aliphatic carbocycles. The van der Waals surface area contributed by atoms with Crippen LogP contribution in [0.15, 0.2) is 46.9 Å². The molecule has 27 heavy (non-hydrogen) atoms. The SMILES string of the molecule is CCCOc1ccc(C(C)NC(=O)C2(c3cccc(Br)c3)CC2)cc1OC. The summed E-state index contributed by atoms with van der Waals surface area (Å²) < 4.78 is 12.2. The van der Waals surface area contributed by atoms with E-state index < -0.39 is 5.41 Å². The summed E-state index contributed by atoms with van der Waals surface area (Å²) in [6.45, 7) is 4.71. The fourth-order valence-electron chi connectivity index (χ4n) is 3.26. The highest BCUT2D eigenvalue weighted by Crippen LogP contribution is 2.49. The second kappa shape index (κ2) is 8.34. The van der Waals surface area contributed by atoms with Gasteiger partial charge in [-0.1, -0.05) is 41.1 Å². The van der Waals surface area contributed by atoms with E-state index in [0.717, 1.165) is 40.6 Å². The summed E-state index contributed by atoms with van der Waals surface area (Å²) in [6, 6.07) is 13.8. The van der Waals surface area contributed by atoms with Crippen molar-refractivity contribution in [2.45, 2.75) is 44.6 Å². The van der Waals surface area contributed by atoms with Crippen molar-refractivity contribution < 1.29 is 14.3 Å². The molecule has 1 amide bonds. The van der Waals surface area contributed by atoms with Gasteiger partial charge < -0.3 is 14.8 Å². The van der Waals surface area contributed by atoms with Crippen LogP contribution in [-0.2, 0) is 10.2 Å². The molecule has 0 aromatic heterocycles. The Hall–Kier alpha value is -2.01. The number of ether oxygens (including phenoxy) is 2. The van der Waals surface area contributed by atoms with E-state index in [1.165, 1.54) is 0 Å². The molecule has 4 nitrogen and oxygen atoms in total. The van der Waals surface area contributed by atoms with E-state index >= 15 is 0 Å². The summed E-state index contributed by atoms with van der Waals surface area (Å²) in [5.74, 6) is 1.50. The minimum absolute atomic E-state index is 0.0818. The molecule has 5 heteroatoms. The lowest BCUT2D eigenvalue weighted by atomic mass is 9.94. The Bertz CT molecular complexity index is 817. The molecule has 1 saturated carbocycles. The molecule has 3 rings (SSSR count). The van der Waals surface area contributed by atoms with Gasteiger partial charge in [-0.2, -0.15) is 0 Å². The van der Waals surface area contributed by atoms with Crippen LogP contribution in [0.3, 0.4) is 0 Å². The van der Waals surface area contributed by atoms with Crippen LogP contribution < -0.4 is 14.8 Å². The Labute approximate surface area is 169 Å². The first-order valence-electron chi connectivity index (χ1n) is 9.38. The van der Waals surface area contributed by atoms with E-state index in [-0.39, 0.29) is 11.9 Å². The number of amides is 1. The maximum Gasteiger partial charge on any atom is 0.231 e. The molecule has 1 N–H and O–H groups in total. The molecule has 0 spiro atoms. The van der Waals surface area contributed by atoms with Crippen LogP contribution in [0.5, 0.6) is 11.5 Å². The Balaban J connectivity index is 1.73. The van der Waals surface area contributed by atoms with Crippen LogP contribution in [0.1, 0.15) is 50.3 Å². The van der Waals surface area contributed by atoms with Crippen molar-refractivity contribution in [3.05, 3.63) is 58.1 Å². The minimum Gasteiger partial charge on any atom is -0.493 e. The summed E-state index contributed by atoms with van der Waals surface area (Å²) in [5, 5.41) is 3.18. The van der Waals surface area contributed by atoms with E-state index in [9.17, 15) is 4.79 Å². The largest absolute Gasteiger partial charge is 0.493 e. The lowest BCUT2D eigenvalue weighted by Crippen LogP contribution is -2.36. The van der Waals surface area contributed by atoms with Gasteiger partial charge in [0.05, 0.1) is 25.2 Å². The number of hydrogen-bond acceptors (Lipinski definition) is 3. The number of methoxy groups -OCH3 is 1. The van der Waals surface area contributed by atoms with E-state index in [1.807, 2.05) is 49.4 Å². The zero-order valence-corrected chi connectivity index (χ0v) is 17.6. The van der Waals surface area contributed by atoms with E-state index in [1.54, 1.807) is 7.11 Å². The fourth-order valence-corrected chi connectivity index (χ4v) is 3.66. The van der Waals surface area contributed by atoms with Crippen molar-refractivity contribution in [3.63, 3.8) is 0 Å². The Morgan fingerprint density at radius 2 is 2.00 bits per heavy atom. The molecule has 2 aromatic carbocycles. The summed E-state index contributed by atoms with van der Waals surface area (Å²) in [5.41, 5.74) is 1.67. The molecule has 0 heterocycles. The molecule has 1 unspecified atom stereocenters. The number of carbonyl (C=O) groups is 1. The van der Waals surface area contributed by atoms with Crippen molar-refractivity contribution in [3.8, 4) is 11.5 Å². The summed E-state index contributed by atoms with van der Waals surface area (Å²) in [7, 11) is 1.63. The van der Waals surface area contributed by atoms with Crippen molar-refractivity contribution in [1.82, 2.24) is 5.32 Å². The van der Waals surface area contributed by atoms with Crippen LogP contribution in [0.25, 0.3) is 0 Å². The Kier molecular flexibility index (Phi) is 6.10. The molecule has 144 valence electrons. The molecule has 0 radical (unpaired) electrons. The van der Waals surface area contributed by atoms with Gasteiger partial charge in [-0.05, 0) is 61.6 Å². The highest BCUT2D eigenvalue weighted by molar-refractivity contribution is 9.10. The number of nitrogens with one attached hydrogen (secondary N) is 1. The maximum atomic E-state index is 13.0. The molecule has 0 aliphatic heterocycles. The molecular formula is C22H26BrNO3. The van der Waals surface area contributed by atoms with E-state index in [4.69, 9.17) is 9.47 Å². The summed E-state index contributed by atoms with van der Waals surface area (Å²) >= 11 is 3.50. The fraction of sp³-hybridized carbons (Fsp3) is 0.409. The molecular weight excluding hydrogens is 406 g/mol. The van der Waals surface area contributed by atoms with Gasteiger partial charge in [0.2, 0.25) is 5.91 Å². The van der Waals surface area contributed by atoms with Gasteiger partial charge in [-0.25, -0.2) is 0 Å². The lowest BCUT2D eigenvalue weighted by Gasteiger charge is -2.21. The summed E-state index contributed by atoms with van der Waals surface area (Å²) in [6.07, 6.45) is 2.71. The topological polar surface area (TPSA) is 47.6 Å². The molecule has 1 fully saturated rings. The molecule has 1 aliphatic rings. The van der Waals surface area contributed by atoms with E-state index in [2.05, 4.69) is 28.2 Å². The van der Waals surface area contributed by atoms with E-state index in [0.29, 0.717) is 12.4 Å². The predicted octanol–water partition coefficient (Wildman–Crippen LogP) is 5.16. The number of carbonyl (C=O) groups excluding carboxylic acids is 1. The van der Waals surface area contributed by atoms with Crippen LogP contribution in [-0.4, -0.2) is 19.6 Å². The number of rotatable bonds is 8. The van der Waals surface area contributed by atoms with Gasteiger partial charge in [0.15, 0.2) is 11.5 Å². The lowest BCUT2D eigenvalue weighted by molar-refractivity contribution is -0.124. The average Bonchev–Trinajstić information content (AvgIpc) is 3.48. The third-order valence-corrected chi connectivity index (χ3v) is 5.55. The average molecular weight is 432 g/mol. The third kappa shape index (κ3) is 4.29. The quantitative estimate of drug-likeness (QED) is 0.627.